The van der Waals surface area contributed by atoms with E-state index < -0.39 is 11.9 Å². The van der Waals surface area contributed by atoms with Crippen LogP contribution >= 0.6 is 0 Å². The first kappa shape index (κ1) is 16.7. The lowest BCUT2D eigenvalue weighted by Crippen LogP contribution is -2.42. The largest absolute Gasteiger partial charge is 0.419 e. The first-order valence-electron chi connectivity index (χ1n) is 7.38. The second-order valence-corrected chi connectivity index (χ2v) is 5.71. The molecule has 0 aromatic heterocycles. The Bertz CT molecular complexity index is 668. The van der Waals surface area contributed by atoms with Gasteiger partial charge in [0.1, 0.15) is 0 Å². The van der Waals surface area contributed by atoms with Crippen molar-refractivity contribution < 1.29 is 23.9 Å². The van der Waals surface area contributed by atoms with Gasteiger partial charge in [0, 0.05) is 24.2 Å². The molecular weight excluding hydrogens is 298 g/mol. The summed E-state index contributed by atoms with van der Waals surface area (Å²) < 4.78 is 10.3. The molecule has 0 aliphatic carbocycles. The highest BCUT2D eigenvalue weighted by atomic mass is 16.6. The molecule has 1 heterocycles. The van der Waals surface area contributed by atoms with Crippen LogP contribution in [0.25, 0.3) is 0 Å². The van der Waals surface area contributed by atoms with Crippen LogP contribution in [0.2, 0.25) is 0 Å². The van der Waals surface area contributed by atoms with Crippen molar-refractivity contribution in [2.24, 2.45) is 0 Å². The second-order valence-electron chi connectivity index (χ2n) is 5.71. The number of hydrogen-bond acceptors (Lipinski definition) is 5. The normalized spacial score (nSPS) is 15.4. The van der Waals surface area contributed by atoms with Gasteiger partial charge in [-0.15, -0.1) is 0 Å². The zero-order chi connectivity index (χ0) is 17.1. The average molecular weight is 317 g/mol. The van der Waals surface area contributed by atoms with E-state index in [9.17, 15) is 14.4 Å². The molecule has 0 saturated heterocycles. The highest BCUT2D eigenvalue weighted by Crippen LogP contribution is 2.34. The molecule has 122 valence electrons. The molecule has 23 heavy (non-hydrogen) atoms. The van der Waals surface area contributed by atoms with Crippen LogP contribution in [0.1, 0.15) is 38.1 Å². The summed E-state index contributed by atoms with van der Waals surface area (Å²) in [4.78, 5) is 37.8. The summed E-state index contributed by atoms with van der Waals surface area (Å²) in [6.07, 6.45) is 1.95. The zero-order valence-electron chi connectivity index (χ0n) is 13.5. The molecule has 1 aliphatic rings. The average Bonchev–Trinajstić information content (AvgIpc) is 2.44. The van der Waals surface area contributed by atoms with Gasteiger partial charge >= 0.3 is 11.9 Å². The Balaban J connectivity index is 2.51. The first-order chi connectivity index (χ1) is 10.8. The number of amides is 1. The molecule has 1 amide bonds. The standard InChI is InChI=1S/C17H19NO5/c1-10(2)18(11(3)4)17(21)12-6-5-7-13-16(12)23-15(20)9-8-14(19)22-13/h5-11H,1-4H3/b9-8+. The van der Waals surface area contributed by atoms with Crippen LogP contribution < -0.4 is 9.47 Å². The Morgan fingerprint density at radius 3 is 2.09 bits per heavy atom. The molecule has 6 nitrogen and oxygen atoms in total. The summed E-state index contributed by atoms with van der Waals surface area (Å²) in [5, 5.41) is 0. The fourth-order valence-electron chi connectivity index (χ4n) is 2.49. The lowest BCUT2D eigenvalue weighted by Gasteiger charge is -2.31. The summed E-state index contributed by atoms with van der Waals surface area (Å²) in [6, 6.07) is 4.53. The SMILES string of the molecule is CC(C)N(C(=O)c1cccc2c1OC(=O)/C=C/C(=O)O2)C(C)C. The van der Waals surface area contributed by atoms with E-state index in [2.05, 4.69) is 0 Å². The minimum atomic E-state index is -0.733. The molecule has 1 aromatic rings. The number of rotatable bonds is 3. The van der Waals surface area contributed by atoms with Crippen molar-refractivity contribution in [3.63, 3.8) is 0 Å². The maximum atomic E-state index is 12.9. The summed E-state index contributed by atoms with van der Waals surface area (Å²) in [6.45, 7) is 7.61. The number of para-hydroxylation sites is 1. The fourth-order valence-corrected chi connectivity index (χ4v) is 2.49. The van der Waals surface area contributed by atoms with E-state index in [0.29, 0.717) is 0 Å². The van der Waals surface area contributed by atoms with Crippen LogP contribution in [-0.2, 0) is 9.59 Å². The quantitative estimate of drug-likeness (QED) is 0.632. The van der Waals surface area contributed by atoms with Gasteiger partial charge in [-0.1, -0.05) is 6.07 Å². The highest BCUT2D eigenvalue weighted by Gasteiger charge is 2.28. The highest BCUT2D eigenvalue weighted by molar-refractivity contribution is 6.01. The van der Waals surface area contributed by atoms with Crippen LogP contribution in [0, 0.1) is 0 Å². The number of fused-ring (bicyclic) bond motifs is 1. The molecule has 1 aliphatic heterocycles. The van der Waals surface area contributed by atoms with Crippen molar-refractivity contribution in [2.45, 2.75) is 39.8 Å². The Labute approximate surface area is 134 Å². The zero-order valence-corrected chi connectivity index (χ0v) is 13.5. The predicted molar refractivity (Wildman–Crippen MR) is 83.3 cm³/mol. The fraction of sp³-hybridized carbons (Fsp3) is 0.353. The van der Waals surface area contributed by atoms with E-state index in [1.165, 1.54) is 6.07 Å². The van der Waals surface area contributed by atoms with Crippen molar-refractivity contribution in [3.8, 4) is 11.5 Å². The minimum Gasteiger partial charge on any atom is -0.419 e. The van der Waals surface area contributed by atoms with Crippen molar-refractivity contribution in [2.75, 3.05) is 0 Å². The number of nitrogens with zero attached hydrogens (tertiary/aromatic N) is 1. The Kier molecular flexibility index (Phi) is 4.83. The Morgan fingerprint density at radius 2 is 1.52 bits per heavy atom. The van der Waals surface area contributed by atoms with Gasteiger partial charge in [-0.25, -0.2) is 9.59 Å². The topological polar surface area (TPSA) is 72.9 Å². The van der Waals surface area contributed by atoms with Gasteiger partial charge in [0.25, 0.3) is 5.91 Å². The summed E-state index contributed by atoms with van der Waals surface area (Å²) >= 11 is 0. The van der Waals surface area contributed by atoms with Crippen LogP contribution in [0.15, 0.2) is 30.4 Å². The molecule has 0 fully saturated rings. The molecule has 0 saturated carbocycles. The number of hydrogen-bond donors (Lipinski definition) is 0. The number of benzene rings is 1. The van der Waals surface area contributed by atoms with Crippen LogP contribution in [-0.4, -0.2) is 34.8 Å². The maximum Gasteiger partial charge on any atom is 0.336 e. The van der Waals surface area contributed by atoms with Gasteiger partial charge in [0.15, 0.2) is 11.5 Å². The van der Waals surface area contributed by atoms with E-state index in [1.54, 1.807) is 17.0 Å². The molecule has 0 radical (unpaired) electrons. The summed E-state index contributed by atoms with van der Waals surface area (Å²) in [5.41, 5.74) is 0.182. The van der Waals surface area contributed by atoms with Crippen molar-refractivity contribution in [3.05, 3.63) is 35.9 Å². The molecule has 6 heteroatoms. The van der Waals surface area contributed by atoms with E-state index in [-0.39, 0.29) is 35.1 Å². The maximum absolute atomic E-state index is 12.9. The van der Waals surface area contributed by atoms with E-state index in [4.69, 9.17) is 9.47 Å². The molecule has 0 spiro atoms. The van der Waals surface area contributed by atoms with Crippen molar-refractivity contribution in [1.82, 2.24) is 4.90 Å². The monoisotopic (exact) mass is 317 g/mol. The van der Waals surface area contributed by atoms with Crippen LogP contribution in [0.3, 0.4) is 0 Å². The smallest absolute Gasteiger partial charge is 0.336 e. The van der Waals surface area contributed by atoms with Gasteiger partial charge in [-0.05, 0) is 39.8 Å². The van der Waals surface area contributed by atoms with E-state index in [0.717, 1.165) is 12.2 Å². The van der Waals surface area contributed by atoms with Gasteiger partial charge < -0.3 is 14.4 Å². The van der Waals surface area contributed by atoms with Crippen LogP contribution in [0.4, 0.5) is 0 Å². The first-order valence-corrected chi connectivity index (χ1v) is 7.38. The number of carbonyl (C=O) groups is 3. The van der Waals surface area contributed by atoms with Crippen LogP contribution in [0.5, 0.6) is 11.5 Å². The molecule has 0 unspecified atom stereocenters. The summed E-state index contributed by atoms with van der Waals surface area (Å²) in [5.74, 6) is -1.71. The third-order valence-corrected chi connectivity index (χ3v) is 3.33. The molecule has 0 N–H and O–H groups in total. The Hall–Kier alpha value is -2.63. The van der Waals surface area contributed by atoms with E-state index in [1.807, 2.05) is 27.7 Å². The number of esters is 2. The lowest BCUT2D eigenvalue weighted by atomic mass is 10.1. The lowest BCUT2D eigenvalue weighted by molar-refractivity contribution is -0.133. The van der Waals surface area contributed by atoms with Gasteiger partial charge in [0.05, 0.1) is 5.56 Å². The summed E-state index contributed by atoms with van der Waals surface area (Å²) in [7, 11) is 0. The number of carbonyl (C=O) groups excluding carboxylic acids is 3. The van der Waals surface area contributed by atoms with Gasteiger partial charge in [-0.2, -0.15) is 0 Å². The van der Waals surface area contributed by atoms with E-state index >= 15 is 0 Å². The molecular formula is C17H19NO5. The van der Waals surface area contributed by atoms with Gasteiger partial charge in [-0.3, -0.25) is 4.79 Å². The molecule has 0 atom stereocenters. The minimum absolute atomic E-state index is 0.0356. The molecule has 0 bridgehead atoms. The predicted octanol–water partition coefficient (Wildman–Crippen LogP) is 2.33. The third kappa shape index (κ3) is 3.59. The molecule has 1 aromatic carbocycles. The second kappa shape index (κ2) is 6.64. The third-order valence-electron chi connectivity index (χ3n) is 3.33. The van der Waals surface area contributed by atoms with Crippen molar-refractivity contribution in [1.29, 1.82) is 0 Å². The van der Waals surface area contributed by atoms with Crippen molar-refractivity contribution >= 4 is 17.8 Å². The molecule has 2 rings (SSSR count). The number of ether oxygens (including phenoxy) is 2. The van der Waals surface area contributed by atoms with Gasteiger partial charge in [0.2, 0.25) is 0 Å². The Morgan fingerprint density at radius 1 is 0.957 bits per heavy atom.